The number of furan rings is 1. The van der Waals surface area contributed by atoms with E-state index in [9.17, 15) is 9.59 Å². The van der Waals surface area contributed by atoms with Gasteiger partial charge in [-0.05, 0) is 35.8 Å². The van der Waals surface area contributed by atoms with Crippen molar-refractivity contribution in [3.8, 4) is 0 Å². The third-order valence-electron chi connectivity index (χ3n) is 3.67. The number of benzene rings is 1. The Labute approximate surface area is 140 Å². The molecule has 4 rings (SSSR count). The number of aromatic nitrogens is 2. The van der Waals surface area contributed by atoms with Gasteiger partial charge in [0.25, 0.3) is 5.56 Å². The van der Waals surface area contributed by atoms with Crippen molar-refractivity contribution in [3.63, 3.8) is 0 Å². The molecule has 0 atom stereocenters. The van der Waals surface area contributed by atoms with E-state index in [4.69, 9.17) is 4.42 Å². The molecule has 6 nitrogen and oxygen atoms in total. The molecule has 3 aromatic heterocycles. The topological polar surface area (TPSA) is 77.1 Å². The van der Waals surface area contributed by atoms with Crippen LogP contribution in [0, 0.1) is 0 Å². The summed E-state index contributed by atoms with van der Waals surface area (Å²) in [5.41, 5.74) is 0.481. The van der Waals surface area contributed by atoms with Crippen LogP contribution in [0.25, 0.3) is 21.2 Å². The molecule has 1 aromatic carbocycles. The van der Waals surface area contributed by atoms with Crippen LogP contribution in [0.15, 0.2) is 57.9 Å². The zero-order valence-corrected chi connectivity index (χ0v) is 13.4. The Balaban J connectivity index is 1.46. The summed E-state index contributed by atoms with van der Waals surface area (Å²) < 4.78 is 6.79. The fraction of sp³-hybridized carbons (Fsp3) is 0.118. The van der Waals surface area contributed by atoms with E-state index in [1.807, 2.05) is 30.3 Å². The number of rotatable bonds is 3. The van der Waals surface area contributed by atoms with E-state index < -0.39 is 6.03 Å². The summed E-state index contributed by atoms with van der Waals surface area (Å²) in [6.45, 7) is 0.382. The molecule has 0 spiro atoms. The lowest BCUT2D eigenvalue weighted by atomic mass is 10.2. The van der Waals surface area contributed by atoms with Crippen molar-refractivity contribution in [1.29, 1.82) is 0 Å². The first-order valence-electron chi connectivity index (χ1n) is 7.45. The van der Waals surface area contributed by atoms with Gasteiger partial charge in [0, 0.05) is 24.5 Å². The lowest BCUT2D eigenvalue weighted by Crippen LogP contribution is -2.34. The van der Waals surface area contributed by atoms with Gasteiger partial charge >= 0.3 is 6.03 Å². The first kappa shape index (κ1) is 14.6. The Morgan fingerprint density at radius 2 is 2.12 bits per heavy atom. The summed E-state index contributed by atoms with van der Waals surface area (Å²) in [5.74, 6) is 0.793. The molecule has 0 saturated carbocycles. The van der Waals surface area contributed by atoms with Crippen LogP contribution in [0.3, 0.4) is 0 Å². The summed E-state index contributed by atoms with van der Waals surface area (Å²) in [6.07, 6.45) is 2.15. The van der Waals surface area contributed by atoms with Gasteiger partial charge in [0.05, 0.1) is 5.39 Å². The van der Waals surface area contributed by atoms with Crippen LogP contribution in [0.1, 0.15) is 5.76 Å². The van der Waals surface area contributed by atoms with Gasteiger partial charge in [-0.1, -0.05) is 18.2 Å². The van der Waals surface area contributed by atoms with E-state index in [2.05, 4.69) is 10.3 Å². The zero-order valence-electron chi connectivity index (χ0n) is 12.6. The highest BCUT2D eigenvalue weighted by molar-refractivity contribution is 7.14. The lowest BCUT2D eigenvalue weighted by molar-refractivity contribution is 0.244. The van der Waals surface area contributed by atoms with E-state index >= 15 is 0 Å². The predicted octanol–water partition coefficient (Wildman–Crippen LogP) is 3.00. The summed E-state index contributed by atoms with van der Waals surface area (Å²) >= 11 is 1.04. The fourth-order valence-corrected chi connectivity index (χ4v) is 3.39. The fourth-order valence-electron chi connectivity index (χ4n) is 2.52. The third-order valence-corrected chi connectivity index (χ3v) is 4.68. The molecule has 0 fully saturated rings. The van der Waals surface area contributed by atoms with E-state index in [-0.39, 0.29) is 5.56 Å². The Hall–Kier alpha value is -2.93. The number of fused-ring (bicyclic) bond motifs is 2. The van der Waals surface area contributed by atoms with Gasteiger partial charge in [-0.3, -0.25) is 4.79 Å². The normalized spacial score (nSPS) is 11.2. The number of amides is 1. The molecule has 0 aliphatic carbocycles. The van der Waals surface area contributed by atoms with Crippen LogP contribution in [0.5, 0.6) is 0 Å². The van der Waals surface area contributed by atoms with Gasteiger partial charge in [-0.15, -0.1) is 0 Å². The molecule has 0 saturated heterocycles. The molecule has 3 heterocycles. The number of para-hydroxylation sites is 1. The second-order valence-corrected chi connectivity index (χ2v) is 6.21. The van der Waals surface area contributed by atoms with Crippen LogP contribution >= 0.6 is 11.5 Å². The molecular weight excluding hydrogens is 326 g/mol. The molecule has 4 aromatic rings. The van der Waals surface area contributed by atoms with Crippen molar-refractivity contribution >= 4 is 38.7 Å². The summed E-state index contributed by atoms with van der Waals surface area (Å²) in [5, 5.41) is 4.23. The minimum Gasteiger partial charge on any atom is -0.461 e. The van der Waals surface area contributed by atoms with Gasteiger partial charge in [-0.2, -0.15) is 3.96 Å². The quantitative estimate of drug-likeness (QED) is 0.622. The van der Waals surface area contributed by atoms with Crippen LogP contribution in [0.2, 0.25) is 0 Å². The van der Waals surface area contributed by atoms with Crippen molar-refractivity contribution < 1.29 is 9.21 Å². The first-order valence-corrected chi connectivity index (χ1v) is 8.22. The lowest BCUT2D eigenvalue weighted by Gasteiger charge is -2.02. The van der Waals surface area contributed by atoms with Crippen molar-refractivity contribution in [2.24, 2.45) is 0 Å². The van der Waals surface area contributed by atoms with E-state index in [1.165, 1.54) is 0 Å². The highest BCUT2D eigenvalue weighted by Gasteiger charge is 2.14. The van der Waals surface area contributed by atoms with E-state index in [0.717, 1.165) is 32.2 Å². The maximum Gasteiger partial charge on any atom is 0.338 e. The SMILES string of the molecule is O=C(NCCc1cc2ccccc2o1)n1sc2ncccc2c1=O. The smallest absolute Gasteiger partial charge is 0.338 e. The van der Waals surface area contributed by atoms with Crippen LogP contribution < -0.4 is 10.9 Å². The molecule has 1 amide bonds. The van der Waals surface area contributed by atoms with Crippen molar-refractivity contribution in [1.82, 2.24) is 14.3 Å². The number of nitrogens with zero attached hydrogens (tertiary/aromatic N) is 2. The Morgan fingerprint density at radius 1 is 1.25 bits per heavy atom. The highest BCUT2D eigenvalue weighted by Crippen LogP contribution is 2.18. The largest absolute Gasteiger partial charge is 0.461 e. The predicted molar refractivity (Wildman–Crippen MR) is 92.6 cm³/mol. The van der Waals surface area contributed by atoms with Gasteiger partial charge in [-0.25, -0.2) is 9.78 Å². The average Bonchev–Trinajstić information content (AvgIpc) is 3.16. The molecule has 1 N–H and O–H groups in total. The van der Waals surface area contributed by atoms with Crippen molar-refractivity contribution in [3.05, 3.63) is 64.8 Å². The van der Waals surface area contributed by atoms with E-state index in [1.54, 1.807) is 18.3 Å². The molecule has 7 heteroatoms. The molecule has 120 valence electrons. The zero-order chi connectivity index (χ0) is 16.5. The number of hydrogen-bond donors (Lipinski definition) is 1. The van der Waals surface area contributed by atoms with Crippen LogP contribution in [-0.4, -0.2) is 21.5 Å². The van der Waals surface area contributed by atoms with Crippen molar-refractivity contribution in [2.45, 2.75) is 6.42 Å². The Kier molecular flexibility index (Phi) is 3.62. The summed E-state index contributed by atoms with van der Waals surface area (Å²) in [4.78, 5) is 29.0. The molecule has 0 unspecified atom stereocenters. The van der Waals surface area contributed by atoms with Crippen LogP contribution in [0.4, 0.5) is 4.79 Å². The third kappa shape index (κ3) is 2.59. The number of hydrogen-bond acceptors (Lipinski definition) is 5. The van der Waals surface area contributed by atoms with Gasteiger partial charge in [0.15, 0.2) is 0 Å². The molecular formula is C17H13N3O3S. The molecule has 0 aliphatic heterocycles. The number of carbonyl (C=O) groups is 1. The molecule has 24 heavy (non-hydrogen) atoms. The summed E-state index contributed by atoms with van der Waals surface area (Å²) in [7, 11) is 0. The Morgan fingerprint density at radius 3 is 2.96 bits per heavy atom. The maximum atomic E-state index is 12.2. The van der Waals surface area contributed by atoms with Gasteiger partial charge in [0.2, 0.25) is 0 Å². The first-order chi connectivity index (χ1) is 11.7. The standard InChI is InChI=1S/C17H13N3O3S/c21-16-13-5-3-8-18-15(13)24-20(16)17(22)19-9-7-12-10-11-4-1-2-6-14(11)23-12/h1-6,8,10H,7,9H2,(H,19,22). The van der Waals surface area contributed by atoms with Crippen LogP contribution in [-0.2, 0) is 6.42 Å². The number of carbonyl (C=O) groups excluding carboxylic acids is 1. The summed E-state index contributed by atoms with van der Waals surface area (Å²) in [6, 6.07) is 12.6. The maximum absolute atomic E-state index is 12.2. The molecule has 0 radical (unpaired) electrons. The monoisotopic (exact) mass is 339 g/mol. The minimum atomic E-state index is -0.445. The van der Waals surface area contributed by atoms with Gasteiger partial charge < -0.3 is 9.73 Å². The number of pyridine rings is 1. The average molecular weight is 339 g/mol. The highest BCUT2D eigenvalue weighted by atomic mass is 32.1. The molecule has 0 aliphatic rings. The second kappa shape index (κ2) is 5.93. The van der Waals surface area contributed by atoms with Crippen molar-refractivity contribution in [2.75, 3.05) is 6.54 Å². The van der Waals surface area contributed by atoms with E-state index in [0.29, 0.717) is 23.2 Å². The van der Waals surface area contributed by atoms with Gasteiger partial charge in [0.1, 0.15) is 16.2 Å². The Bertz CT molecular complexity index is 1060. The minimum absolute atomic E-state index is 0.343. The molecule has 0 bridgehead atoms. The number of nitrogens with one attached hydrogen (secondary N) is 1. The second-order valence-electron chi connectivity index (χ2n) is 5.28.